The van der Waals surface area contributed by atoms with E-state index in [0.717, 1.165) is 22.6 Å². The number of halogens is 1. The molecule has 0 fully saturated rings. The summed E-state index contributed by atoms with van der Waals surface area (Å²) in [6, 6.07) is 7.35. The van der Waals surface area contributed by atoms with E-state index in [1.165, 1.54) is 0 Å². The third-order valence-corrected chi connectivity index (χ3v) is 3.45. The Morgan fingerprint density at radius 3 is 2.63 bits per heavy atom. The molecular weight excluding hydrogens is 262 g/mol. The number of amides is 1. The molecule has 5 heteroatoms. The summed E-state index contributed by atoms with van der Waals surface area (Å²) in [5, 5.41) is 7.77. The highest BCUT2D eigenvalue weighted by molar-refractivity contribution is 6.31. The Kier molecular flexibility index (Phi) is 3.90. The van der Waals surface area contributed by atoms with E-state index in [1.54, 1.807) is 10.7 Å². The van der Waals surface area contributed by atoms with Crippen LogP contribution in [0.2, 0.25) is 5.02 Å². The molecule has 0 saturated heterocycles. The van der Waals surface area contributed by atoms with Crippen molar-refractivity contribution in [3.8, 4) is 0 Å². The Balaban J connectivity index is 2.12. The van der Waals surface area contributed by atoms with Crippen molar-refractivity contribution in [1.82, 2.24) is 9.78 Å². The van der Waals surface area contributed by atoms with Gasteiger partial charge in [0, 0.05) is 12.1 Å². The number of benzene rings is 1. The van der Waals surface area contributed by atoms with Gasteiger partial charge in [-0.2, -0.15) is 5.10 Å². The lowest BCUT2D eigenvalue weighted by atomic mass is 10.1. The van der Waals surface area contributed by atoms with Gasteiger partial charge in [-0.3, -0.25) is 9.48 Å². The summed E-state index contributed by atoms with van der Waals surface area (Å²) in [6.07, 6.45) is 0.257. The second-order valence-electron chi connectivity index (χ2n) is 4.49. The van der Waals surface area contributed by atoms with E-state index in [1.807, 2.05) is 39.1 Å². The monoisotopic (exact) mass is 277 g/mol. The van der Waals surface area contributed by atoms with E-state index >= 15 is 0 Å². The highest BCUT2D eigenvalue weighted by Crippen LogP contribution is 2.20. The molecule has 0 bridgehead atoms. The lowest BCUT2D eigenvalue weighted by Crippen LogP contribution is -2.15. The number of nitrogens with zero attached hydrogens (tertiary/aromatic N) is 2. The first kappa shape index (κ1) is 13.6. The van der Waals surface area contributed by atoms with E-state index in [-0.39, 0.29) is 12.3 Å². The van der Waals surface area contributed by atoms with Gasteiger partial charge < -0.3 is 5.32 Å². The normalized spacial score (nSPS) is 10.5. The van der Waals surface area contributed by atoms with Crippen LogP contribution >= 0.6 is 11.6 Å². The number of nitrogens with one attached hydrogen (secondary N) is 1. The first-order valence-corrected chi connectivity index (χ1v) is 6.40. The molecule has 1 aromatic carbocycles. The molecule has 0 radical (unpaired) electrons. The van der Waals surface area contributed by atoms with Gasteiger partial charge in [-0.25, -0.2) is 0 Å². The largest absolute Gasteiger partial charge is 0.323 e. The summed E-state index contributed by atoms with van der Waals surface area (Å²) in [4.78, 5) is 12.0. The third kappa shape index (κ3) is 2.96. The number of aryl methyl sites for hydroxylation is 2. The molecule has 0 saturated carbocycles. The smallest absolute Gasteiger partial charge is 0.228 e. The standard InChI is InChI=1S/C14H16ClN3O/c1-9-14(10(2)18(3)17-9)16-13(19)8-11-6-4-5-7-12(11)15/h4-7H,8H2,1-3H3,(H,16,19). The predicted octanol–water partition coefficient (Wildman–Crippen LogP) is 2.87. The van der Waals surface area contributed by atoms with Gasteiger partial charge in [-0.1, -0.05) is 29.8 Å². The van der Waals surface area contributed by atoms with Gasteiger partial charge in [-0.15, -0.1) is 0 Å². The second-order valence-corrected chi connectivity index (χ2v) is 4.89. The van der Waals surface area contributed by atoms with Crippen LogP contribution in [0.5, 0.6) is 0 Å². The van der Waals surface area contributed by atoms with E-state index in [9.17, 15) is 4.79 Å². The first-order chi connectivity index (χ1) is 8.99. The lowest BCUT2D eigenvalue weighted by molar-refractivity contribution is -0.115. The van der Waals surface area contributed by atoms with Crippen molar-refractivity contribution in [3.05, 3.63) is 46.2 Å². The average Bonchev–Trinajstić information content (AvgIpc) is 2.59. The Morgan fingerprint density at radius 2 is 2.05 bits per heavy atom. The van der Waals surface area contributed by atoms with Crippen LogP contribution in [0.1, 0.15) is 17.0 Å². The number of rotatable bonds is 3. The highest BCUT2D eigenvalue weighted by atomic mass is 35.5. The van der Waals surface area contributed by atoms with Crippen LogP contribution in [0.4, 0.5) is 5.69 Å². The van der Waals surface area contributed by atoms with E-state index < -0.39 is 0 Å². The number of carbonyl (C=O) groups excluding carboxylic acids is 1. The van der Waals surface area contributed by atoms with Crippen molar-refractivity contribution in [2.75, 3.05) is 5.32 Å². The molecule has 100 valence electrons. The maximum atomic E-state index is 12.0. The van der Waals surface area contributed by atoms with Gasteiger partial charge >= 0.3 is 0 Å². The van der Waals surface area contributed by atoms with Gasteiger partial charge in [-0.05, 0) is 25.5 Å². The van der Waals surface area contributed by atoms with Crippen LogP contribution in [0, 0.1) is 13.8 Å². The zero-order valence-electron chi connectivity index (χ0n) is 11.2. The summed E-state index contributed by atoms with van der Waals surface area (Å²) in [7, 11) is 1.85. The quantitative estimate of drug-likeness (QED) is 0.938. The Bertz CT molecular complexity index is 619. The van der Waals surface area contributed by atoms with E-state index in [4.69, 9.17) is 11.6 Å². The number of hydrogen-bond donors (Lipinski definition) is 1. The molecule has 4 nitrogen and oxygen atoms in total. The van der Waals surface area contributed by atoms with Gasteiger partial charge in [0.05, 0.1) is 23.5 Å². The minimum absolute atomic E-state index is 0.0905. The number of hydrogen-bond acceptors (Lipinski definition) is 2. The fourth-order valence-corrected chi connectivity index (χ4v) is 2.16. The predicted molar refractivity (Wildman–Crippen MR) is 76.5 cm³/mol. The number of carbonyl (C=O) groups is 1. The molecule has 0 atom stereocenters. The molecule has 1 amide bonds. The molecule has 0 aliphatic rings. The van der Waals surface area contributed by atoms with Crippen LogP contribution in [0.25, 0.3) is 0 Å². The molecule has 0 aliphatic carbocycles. The zero-order chi connectivity index (χ0) is 14.0. The fourth-order valence-electron chi connectivity index (χ4n) is 1.95. The fraction of sp³-hybridized carbons (Fsp3) is 0.286. The summed E-state index contributed by atoms with van der Waals surface area (Å²) >= 11 is 6.04. The van der Waals surface area contributed by atoms with E-state index in [2.05, 4.69) is 10.4 Å². The van der Waals surface area contributed by atoms with Gasteiger partial charge in [0.25, 0.3) is 0 Å². The average molecular weight is 278 g/mol. The molecule has 0 spiro atoms. The molecule has 2 rings (SSSR count). The maximum absolute atomic E-state index is 12.0. The molecule has 0 aliphatic heterocycles. The zero-order valence-corrected chi connectivity index (χ0v) is 12.0. The molecule has 19 heavy (non-hydrogen) atoms. The minimum Gasteiger partial charge on any atom is -0.323 e. The molecule has 1 aromatic heterocycles. The number of anilines is 1. The van der Waals surface area contributed by atoms with Crippen LogP contribution < -0.4 is 5.32 Å². The maximum Gasteiger partial charge on any atom is 0.228 e. The van der Waals surface area contributed by atoms with Crippen molar-refractivity contribution >= 4 is 23.2 Å². The summed E-state index contributed by atoms with van der Waals surface area (Å²) in [5.74, 6) is -0.0905. The first-order valence-electron chi connectivity index (χ1n) is 6.02. The van der Waals surface area contributed by atoms with Crippen LogP contribution in [-0.4, -0.2) is 15.7 Å². The third-order valence-electron chi connectivity index (χ3n) is 3.08. The van der Waals surface area contributed by atoms with Gasteiger partial charge in [0.2, 0.25) is 5.91 Å². The van der Waals surface area contributed by atoms with Gasteiger partial charge in [0.15, 0.2) is 0 Å². The Labute approximate surface area is 117 Å². The van der Waals surface area contributed by atoms with Crippen molar-refractivity contribution in [2.24, 2.45) is 7.05 Å². The summed E-state index contributed by atoms with van der Waals surface area (Å²) < 4.78 is 1.75. The van der Waals surface area contributed by atoms with Crippen molar-refractivity contribution in [1.29, 1.82) is 0 Å². The number of aromatic nitrogens is 2. The second kappa shape index (κ2) is 5.45. The topological polar surface area (TPSA) is 46.9 Å². The SMILES string of the molecule is Cc1nn(C)c(C)c1NC(=O)Cc1ccccc1Cl. The molecular formula is C14H16ClN3O. The summed E-state index contributed by atoms with van der Waals surface area (Å²) in [5.41, 5.74) is 3.35. The van der Waals surface area contributed by atoms with Crippen LogP contribution in [-0.2, 0) is 18.3 Å². The summed E-state index contributed by atoms with van der Waals surface area (Å²) in [6.45, 7) is 3.79. The molecule has 2 aromatic rings. The Hall–Kier alpha value is -1.81. The van der Waals surface area contributed by atoms with Crippen LogP contribution in [0.15, 0.2) is 24.3 Å². The van der Waals surface area contributed by atoms with Crippen LogP contribution in [0.3, 0.4) is 0 Å². The van der Waals surface area contributed by atoms with Crippen molar-refractivity contribution in [3.63, 3.8) is 0 Å². The highest BCUT2D eigenvalue weighted by Gasteiger charge is 2.13. The Morgan fingerprint density at radius 1 is 1.37 bits per heavy atom. The van der Waals surface area contributed by atoms with Crippen molar-refractivity contribution in [2.45, 2.75) is 20.3 Å². The van der Waals surface area contributed by atoms with E-state index in [0.29, 0.717) is 5.02 Å². The molecule has 1 heterocycles. The molecule has 0 unspecified atom stereocenters. The minimum atomic E-state index is -0.0905. The van der Waals surface area contributed by atoms with Crippen molar-refractivity contribution < 1.29 is 4.79 Å². The molecule has 1 N–H and O–H groups in total. The van der Waals surface area contributed by atoms with Gasteiger partial charge in [0.1, 0.15) is 0 Å². The lowest BCUT2D eigenvalue weighted by Gasteiger charge is -2.07.